The van der Waals surface area contributed by atoms with E-state index in [0.717, 1.165) is 22.9 Å². The second kappa shape index (κ2) is 8.00. The first-order chi connectivity index (χ1) is 13.1. The van der Waals surface area contributed by atoms with Gasteiger partial charge >= 0.3 is 0 Å². The molecule has 152 valence electrons. The van der Waals surface area contributed by atoms with Crippen molar-refractivity contribution < 1.29 is 13.2 Å². The molecule has 0 atom stereocenters. The molecule has 6 nitrogen and oxygen atoms in total. The highest BCUT2D eigenvalue weighted by Crippen LogP contribution is 2.25. The molecule has 1 saturated heterocycles. The highest BCUT2D eigenvalue weighted by Gasteiger charge is 2.30. The Morgan fingerprint density at radius 1 is 1.18 bits per heavy atom. The summed E-state index contributed by atoms with van der Waals surface area (Å²) in [5.74, 6) is -0.282. The fourth-order valence-corrected chi connectivity index (χ4v) is 5.23. The summed E-state index contributed by atoms with van der Waals surface area (Å²) in [6.45, 7) is 5.64. The first kappa shape index (κ1) is 21.1. The summed E-state index contributed by atoms with van der Waals surface area (Å²) >= 11 is 3.43. The van der Waals surface area contributed by atoms with Crippen LogP contribution in [0.3, 0.4) is 0 Å². The monoisotopic (exact) mass is 467 g/mol. The second-order valence-corrected chi connectivity index (χ2v) is 10.7. The van der Waals surface area contributed by atoms with Gasteiger partial charge in [-0.05, 0) is 36.6 Å². The van der Waals surface area contributed by atoms with Crippen LogP contribution in [0.15, 0.2) is 45.9 Å². The highest BCUT2D eigenvalue weighted by molar-refractivity contribution is 9.10. The summed E-state index contributed by atoms with van der Waals surface area (Å²) in [5, 5.41) is 2.95. The maximum absolute atomic E-state index is 12.7. The highest BCUT2D eigenvalue weighted by atomic mass is 79.9. The van der Waals surface area contributed by atoms with Crippen LogP contribution in [0.1, 0.15) is 42.7 Å². The van der Waals surface area contributed by atoms with Crippen molar-refractivity contribution in [1.29, 1.82) is 0 Å². The fraction of sp³-hybridized carbons (Fsp3) is 0.450. The summed E-state index contributed by atoms with van der Waals surface area (Å²) in [7, 11) is -1.84. The third-order valence-corrected chi connectivity index (χ3v) is 7.62. The van der Waals surface area contributed by atoms with Gasteiger partial charge in [0.2, 0.25) is 10.0 Å². The van der Waals surface area contributed by atoms with E-state index in [2.05, 4.69) is 35.1 Å². The van der Waals surface area contributed by atoms with Gasteiger partial charge in [0.25, 0.3) is 5.91 Å². The Balaban J connectivity index is 1.73. The second-order valence-electron chi connectivity index (χ2n) is 7.86. The Bertz CT molecular complexity index is 959. The van der Waals surface area contributed by atoms with Crippen LogP contribution >= 0.6 is 15.9 Å². The van der Waals surface area contributed by atoms with Gasteiger partial charge in [0.1, 0.15) is 10.6 Å². The molecule has 2 heterocycles. The van der Waals surface area contributed by atoms with Crippen LogP contribution in [0.2, 0.25) is 0 Å². The van der Waals surface area contributed by atoms with Crippen molar-refractivity contribution in [1.82, 2.24) is 14.2 Å². The molecule has 0 bridgehead atoms. The number of amides is 1. The van der Waals surface area contributed by atoms with Crippen molar-refractivity contribution in [3.8, 4) is 0 Å². The fourth-order valence-electron chi connectivity index (χ4n) is 3.37. The molecule has 1 aliphatic heterocycles. The van der Waals surface area contributed by atoms with Crippen molar-refractivity contribution in [2.24, 2.45) is 7.05 Å². The van der Waals surface area contributed by atoms with Gasteiger partial charge in [0.05, 0.1) is 0 Å². The lowest BCUT2D eigenvalue weighted by molar-refractivity contribution is 0.0937. The van der Waals surface area contributed by atoms with Crippen molar-refractivity contribution >= 4 is 31.9 Å². The quantitative estimate of drug-likeness (QED) is 0.708. The van der Waals surface area contributed by atoms with E-state index < -0.39 is 10.0 Å². The van der Waals surface area contributed by atoms with E-state index >= 15 is 0 Å². The van der Waals surface area contributed by atoms with Gasteiger partial charge in [-0.1, -0.05) is 41.9 Å². The molecule has 0 radical (unpaired) electrons. The Labute approximate surface area is 175 Å². The maximum atomic E-state index is 12.7. The molecule has 28 heavy (non-hydrogen) atoms. The average molecular weight is 468 g/mol. The number of carbonyl (C=O) groups is 1. The Morgan fingerprint density at radius 3 is 2.39 bits per heavy atom. The number of sulfonamides is 1. The summed E-state index contributed by atoms with van der Waals surface area (Å²) in [5.41, 5.74) is 1.19. The van der Waals surface area contributed by atoms with Gasteiger partial charge < -0.3 is 9.88 Å². The van der Waals surface area contributed by atoms with E-state index in [9.17, 15) is 13.2 Å². The molecule has 0 unspecified atom stereocenters. The molecule has 1 amide bonds. The lowest BCUT2D eigenvalue weighted by Crippen LogP contribution is -2.37. The molecule has 3 rings (SSSR count). The summed E-state index contributed by atoms with van der Waals surface area (Å²) in [6.07, 6.45) is 3.28. The van der Waals surface area contributed by atoms with Crippen LogP contribution in [0, 0.1) is 0 Å². The number of nitrogens with one attached hydrogen (secondary N) is 1. The molecule has 8 heteroatoms. The van der Waals surface area contributed by atoms with Gasteiger partial charge in [0, 0.05) is 42.8 Å². The van der Waals surface area contributed by atoms with Crippen LogP contribution < -0.4 is 5.32 Å². The number of hydrogen-bond donors (Lipinski definition) is 1. The van der Waals surface area contributed by atoms with E-state index in [1.165, 1.54) is 16.6 Å². The van der Waals surface area contributed by atoms with Crippen molar-refractivity contribution in [2.45, 2.75) is 37.0 Å². The number of aryl methyl sites for hydroxylation is 1. The van der Waals surface area contributed by atoms with Crippen molar-refractivity contribution in [3.63, 3.8) is 0 Å². The summed E-state index contributed by atoms with van der Waals surface area (Å²) in [6, 6.07) is 9.48. The standard InChI is InChI=1S/C20H26BrN3O3S/c1-20(2,15-6-8-16(21)9-7-15)14-22-19(25)18-12-17(13-23(18)3)28(26,27)24-10-4-5-11-24/h6-9,12-13H,4-5,10-11,14H2,1-3H3,(H,22,25). The molecule has 2 aromatic rings. The zero-order valence-electron chi connectivity index (χ0n) is 16.4. The van der Waals surface area contributed by atoms with Crippen LogP contribution in [0.5, 0.6) is 0 Å². The smallest absolute Gasteiger partial charge is 0.267 e. The Morgan fingerprint density at radius 2 is 1.79 bits per heavy atom. The number of hydrogen-bond acceptors (Lipinski definition) is 3. The summed E-state index contributed by atoms with van der Waals surface area (Å²) < 4.78 is 29.5. The SMILES string of the molecule is Cn1cc(S(=O)(=O)N2CCCC2)cc1C(=O)NCC(C)(C)c1ccc(Br)cc1. The lowest BCUT2D eigenvalue weighted by Gasteiger charge is -2.25. The van der Waals surface area contributed by atoms with Crippen molar-refractivity contribution in [2.75, 3.05) is 19.6 Å². The van der Waals surface area contributed by atoms with Gasteiger partial charge in [-0.25, -0.2) is 8.42 Å². The van der Waals surface area contributed by atoms with Crippen LogP contribution in [0.4, 0.5) is 0 Å². The zero-order chi connectivity index (χ0) is 20.5. The minimum Gasteiger partial charge on any atom is -0.350 e. The van der Waals surface area contributed by atoms with E-state index in [1.807, 2.05) is 24.3 Å². The molecule has 1 fully saturated rings. The molecule has 0 saturated carbocycles. The molecule has 0 spiro atoms. The first-order valence-electron chi connectivity index (χ1n) is 9.32. The number of carbonyl (C=O) groups excluding carboxylic acids is 1. The van der Waals surface area contributed by atoms with Gasteiger partial charge in [-0.15, -0.1) is 0 Å². The Hall–Kier alpha value is -1.64. The van der Waals surface area contributed by atoms with E-state index in [4.69, 9.17) is 0 Å². The minimum absolute atomic E-state index is 0.175. The van der Waals surface area contributed by atoms with Gasteiger partial charge in [0.15, 0.2) is 0 Å². The molecular weight excluding hydrogens is 442 g/mol. The predicted octanol–water partition coefficient (Wildman–Crippen LogP) is 3.28. The largest absolute Gasteiger partial charge is 0.350 e. The minimum atomic E-state index is -3.54. The van der Waals surface area contributed by atoms with E-state index in [0.29, 0.717) is 25.3 Å². The molecule has 1 aromatic heterocycles. The lowest BCUT2D eigenvalue weighted by atomic mass is 9.84. The molecule has 0 aliphatic carbocycles. The third kappa shape index (κ3) is 4.34. The average Bonchev–Trinajstić information content (AvgIpc) is 3.30. The number of nitrogens with zero attached hydrogens (tertiary/aromatic N) is 2. The van der Waals surface area contributed by atoms with Crippen LogP contribution in [0.25, 0.3) is 0 Å². The van der Waals surface area contributed by atoms with Gasteiger partial charge in [-0.3, -0.25) is 4.79 Å². The number of halogens is 1. The zero-order valence-corrected chi connectivity index (χ0v) is 18.8. The maximum Gasteiger partial charge on any atom is 0.267 e. The van der Waals surface area contributed by atoms with Crippen molar-refractivity contribution in [3.05, 3.63) is 52.3 Å². The normalized spacial score (nSPS) is 15.7. The van der Waals surface area contributed by atoms with Crippen LogP contribution in [-0.4, -0.2) is 42.8 Å². The first-order valence-corrected chi connectivity index (χ1v) is 11.6. The summed E-state index contributed by atoms with van der Waals surface area (Å²) in [4.78, 5) is 12.9. The number of aromatic nitrogens is 1. The van der Waals surface area contributed by atoms with E-state index in [1.54, 1.807) is 11.6 Å². The van der Waals surface area contributed by atoms with Crippen LogP contribution in [-0.2, 0) is 22.5 Å². The molecule has 1 aliphatic rings. The number of rotatable bonds is 6. The number of benzene rings is 1. The molecular formula is C20H26BrN3O3S. The predicted molar refractivity (Wildman–Crippen MR) is 113 cm³/mol. The van der Waals surface area contributed by atoms with E-state index in [-0.39, 0.29) is 16.2 Å². The molecule has 1 aromatic carbocycles. The topological polar surface area (TPSA) is 71.4 Å². The third-order valence-electron chi connectivity index (χ3n) is 5.23. The van der Waals surface area contributed by atoms with Gasteiger partial charge in [-0.2, -0.15) is 4.31 Å². The molecule has 1 N–H and O–H groups in total. The Kier molecular flexibility index (Phi) is 6.03.